The second kappa shape index (κ2) is 9.04. The summed E-state index contributed by atoms with van der Waals surface area (Å²) in [5, 5.41) is 12.4. The first-order chi connectivity index (χ1) is 17.3. The number of aliphatic hydroxyl groups excluding tert-OH is 1. The number of anilines is 1. The number of hydrogen-bond acceptors (Lipinski definition) is 4. The van der Waals surface area contributed by atoms with Gasteiger partial charge in [0.1, 0.15) is 11.5 Å². The number of para-hydroxylation sites is 1. The Balaban J connectivity index is 1.77. The first-order valence-electron chi connectivity index (χ1n) is 12.0. The van der Waals surface area contributed by atoms with Crippen LogP contribution in [0.3, 0.4) is 0 Å². The highest BCUT2D eigenvalue weighted by Gasteiger charge is 2.48. The van der Waals surface area contributed by atoms with Crippen LogP contribution in [0, 0.1) is 13.8 Å². The van der Waals surface area contributed by atoms with Gasteiger partial charge in [-0.05, 0) is 74.4 Å². The van der Waals surface area contributed by atoms with Gasteiger partial charge in [0.2, 0.25) is 0 Å². The van der Waals surface area contributed by atoms with Crippen LogP contribution < -0.4 is 9.64 Å². The summed E-state index contributed by atoms with van der Waals surface area (Å²) >= 11 is 0. The molecule has 5 rings (SSSR count). The van der Waals surface area contributed by atoms with Gasteiger partial charge < -0.3 is 14.4 Å². The molecule has 0 aliphatic carbocycles. The number of amides is 1. The molecule has 3 aromatic carbocycles. The molecule has 1 fully saturated rings. The van der Waals surface area contributed by atoms with Gasteiger partial charge in [-0.15, -0.1) is 0 Å². The molecule has 1 unspecified atom stereocenters. The zero-order valence-corrected chi connectivity index (χ0v) is 20.8. The van der Waals surface area contributed by atoms with Crippen molar-refractivity contribution in [3.8, 4) is 5.75 Å². The summed E-state index contributed by atoms with van der Waals surface area (Å²) in [7, 11) is 1.93. The molecule has 182 valence electrons. The van der Waals surface area contributed by atoms with Crippen LogP contribution in [-0.4, -0.2) is 28.0 Å². The van der Waals surface area contributed by atoms with E-state index in [4.69, 9.17) is 4.74 Å². The SMILES string of the molecule is CCOc1ccc(/C(O)=C2\C(=O)C(=O)N(c3cc(C)cc(C)c3)C2c2cn(C)c3ccccc23)cc1. The second-order valence-corrected chi connectivity index (χ2v) is 9.18. The number of aryl methyl sites for hydroxylation is 3. The highest BCUT2D eigenvalue weighted by Crippen LogP contribution is 2.45. The van der Waals surface area contributed by atoms with Gasteiger partial charge in [-0.2, -0.15) is 0 Å². The largest absolute Gasteiger partial charge is 0.507 e. The summed E-state index contributed by atoms with van der Waals surface area (Å²) in [4.78, 5) is 28.6. The summed E-state index contributed by atoms with van der Waals surface area (Å²) in [5.74, 6) is -0.916. The Bertz CT molecular complexity index is 1510. The number of benzene rings is 3. The van der Waals surface area contributed by atoms with E-state index >= 15 is 0 Å². The van der Waals surface area contributed by atoms with E-state index in [1.165, 1.54) is 4.90 Å². The van der Waals surface area contributed by atoms with Crippen molar-refractivity contribution in [2.45, 2.75) is 26.8 Å². The van der Waals surface area contributed by atoms with Crippen molar-refractivity contribution in [3.63, 3.8) is 0 Å². The molecule has 4 aromatic rings. The number of fused-ring (bicyclic) bond motifs is 1. The third kappa shape index (κ3) is 3.85. The lowest BCUT2D eigenvalue weighted by Gasteiger charge is -2.25. The highest BCUT2D eigenvalue weighted by atomic mass is 16.5. The molecule has 1 N–H and O–H groups in total. The maximum absolute atomic E-state index is 13.5. The average Bonchev–Trinajstić information content (AvgIpc) is 3.32. The average molecular weight is 481 g/mol. The Kier molecular flexibility index (Phi) is 5.88. The third-order valence-corrected chi connectivity index (χ3v) is 6.59. The molecule has 1 aliphatic heterocycles. The van der Waals surface area contributed by atoms with Crippen molar-refractivity contribution in [1.29, 1.82) is 0 Å². The number of carbonyl (C=O) groups excluding carboxylic acids is 2. The molecule has 1 atom stereocenters. The van der Waals surface area contributed by atoms with E-state index < -0.39 is 17.7 Å². The van der Waals surface area contributed by atoms with Crippen molar-refractivity contribution < 1.29 is 19.4 Å². The van der Waals surface area contributed by atoms with Gasteiger partial charge in [0.15, 0.2) is 0 Å². The van der Waals surface area contributed by atoms with Crippen LogP contribution in [0.5, 0.6) is 5.75 Å². The Morgan fingerprint density at radius 1 is 0.972 bits per heavy atom. The lowest BCUT2D eigenvalue weighted by molar-refractivity contribution is -0.132. The number of ketones is 1. The fourth-order valence-corrected chi connectivity index (χ4v) is 5.10. The number of aromatic nitrogens is 1. The molecule has 6 heteroatoms. The van der Waals surface area contributed by atoms with E-state index in [1.54, 1.807) is 24.3 Å². The number of rotatable bonds is 5. The van der Waals surface area contributed by atoms with Crippen LogP contribution in [0.25, 0.3) is 16.7 Å². The molecule has 0 saturated carbocycles. The van der Waals surface area contributed by atoms with E-state index in [1.807, 2.05) is 81.0 Å². The van der Waals surface area contributed by atoms with Gasteiger partial charge >= 0.3 is 0 Å². The number of ether oxygens (including phenoxy) is 1. The minimum absolute atomic E-state index is 0.0691. The smallest absolute Gasteiger partial charge is 0.300 e. The normalized spacial score (nSPS) is 17.2. The lowest BCUT2D eigenvalue weighted by atomic mass is 9.94. The number of nitrogens with zero attached hydrogens (tertiary/aromatic N) is 2. The number of Topliss-reactive ketones (excluding diaryl/α,β-unsaturated/α-hetero) is 1. The fraction of sp³-hybridized carbons (Fsp3) is 0.200. The maximum atomic E-state index is 13.5. The number of aliphatic hydroxyl groups is 1. The summed E-state index contributed by atoms with van der Waals surface area (Å²) in [5.41, 5.74) is 4.85. The van der Waals surface area contributed by atoms with Gasteiger partial charge in [-0.3, -0.25) is 14.5 Å². The van der Waals surface area contributed by atoms with Crippen LogP contribution in [0.4, 0.5) is 5.69 Å². The fourth-order valence-electron chi connectivity index (χ4n) is 5.10. The zero-order valence-electron chi connectivity index (χ0n) is 20.8. The standard InChI is InChI=1S/C30H28N2O4/c1-5-36-22-12-10-20(11-13-22)28(33)26-27(24-17-31(4)25-9-7-6-8-23(24)25)32(30(35)29(26)34)21-15-18(2)14-19(3)16-21/h6-17,27,33H,5H2,1-4H3/b28-26+. The minimum atomic E-state index is -0.788. The first kappa shape index (κ1) is 23.4. The maximum Gasteiger partial charge on any atom is 0.300 e. The molecule has 0 spiro atoms. The molecular formula is C30H28N2O4. The van der Waals surface area contributed by atoms with Crippen LogP contribution in [0.2, 0.25) is 0 Å². The Morgan fingerprint density at radius 2 is 1.64 bits per heavy atom. The van der Waals surface area contributed by atoms with Gasteiger partial charge in [-0.1, -0.05) is 24.3 Å². The van der Waals surface area contributed by atoms with E-state index in [0.29, 0.717) is 23.6 Å². The molecule has 1 aromatic heterocycles. The Hall–Kier alpha value is -4.32. The summed E-state index contributed by atoms with van der Waals surface area (Å²) in [6.45, 7) is 6.33. The molecule has 1 aliphatic rings. The summed E-state index contributed by atoms with van der Waals surface area (Å²) in [6.07, 6.45) is 1.93. The van der Waals surface area contributed by atoms with Crippen LogP contribution in [0.1, 0.15) is 35.2 Å². The van der Waals surface area contributed by atoms with Gasteiger partial charge in [-0.25, -0.2) is 0 Å². The summed E-state index contributed by atoms with van der Waals surface area (Å²) < 4.78 is 7.49. The third-order valence-electron chi connectivity index (χ3n) is 6.59. The Labute approximate surface area is 210 Å². The molecule has 0 bridgehead atoms. The highest BCUT2D eigenvalue weighted by molar-refractivity contribution is 6.52. The molecular weight excluding hydrogens is 452 g/mol. The number of carbonyl (C=O) groups is 2. The van der Waals surface area contributed by atoms with Crippen LogP contribution in [0.15, 0.2) is 78.5 Å². The predicted octanol–water partition coefficient (Wildman–Crippen LogP) is 5.82. The molecule has 36 heavy (non-hydrogen) atoms. The lowest BCUT2D eigenvalue weighted by Crippen LogP contribution is -2.29. The first-order valence-corrected chi connectivity index (χ1v) is 12.0. The van der Waals surface area contributed by atoms with Gasteiger partial charge in [0.25, 0.3) is 11.7 Å². The van der Waals surface area contributed by atoms with Crippen molar-refractivity contribution in [2.24, 2.45) is 7.05 Å². The van der Waals surface area contributed by atoms with E-state index in [0.717, 1.165) is 27.6 Å². The molecule has 0 radical (unpaired) electrons. The number of hydrogen-bond donors (Lipinski definition) is 1. The van der Waals surface area contributed by atoms with Crippen molar-refractivity contribution in [3.05, 3.63) is 101 Å². The quantitative estimate of drug-likeness (QED) is 0.222. The van der Waals surface area contributed by atoms with Crippen LogP contribution >= 0.6 is 0 Å². The zero-order chi connectivity index (χ0) is 25.6. The Morgan fingerprint density at radius 3 is 2.31 bits per heavy atom. The van der Waals surface area contributed by atoms with Crippen molar-refractivity contribution >= 4 is 34.0 Å². The molecule has 1 amide bonds. The van der Waals surface area contributed by atoms with Gasteiger partial charge in [0, 0.05) is 41.0 Å². The van der Waals surface area contributed by atoms with E-state index in [2.05, 4.69) is 0 Å². The van der Waals surface area contributed by atoms with Crippen molar-refractivity contribution in [1.82, 2.24) is 4.57 Å². The van der Waals surface area contributed by atoms with Crippen LogP contribution in [-0.2, 0) is 16.6 Å². The topological polar surface area (TPSA) is 71.8 Å². The predicted molar refractivity (Wildman–Crippen MR) is 141 cm³/mol. The monoisotopic (exact) mass is 480 g/mol. The molecule has 1 saturated heterocycles. The molecule has 6 nitrogen and oxygen atoms in total. The summed E-state index contributed by atoms with van der Waals surface area (Å²) in [6, 6.07) is 19.8. The van der Waals surface area contributed by atoms with E-state index in [9.17, 15) is 14.7 Å². The van der Waals surface area contributed by atoms with Gasteiger partial charge in [0.05, 0.1) is 18.2 Å². The van der Waals surface area contributed by atoms with E-state index in [-0.39, 0.29) is 11.3 Å². The molecule has 2 heterocycles. The second-order valence-electron chi connectivity index (χ2n) is 9.18. The van der Waals surface area contributed by atoms with Crippen molar-refractivity contribution in [2.75, 3.05) is 11.5 Å². The minimum Gasteiger partial charge on any atom is -0.507 e.